The second-order valence-corrected chi connectivity index (χ2v) is 6.02. The van der Waals surface area contributed by atoms with Crippen molar-refractivity contribution in [2.24, 2.45) is 5.92 Å². The van der Waals surface area contributed by atoms with Crippen molar-refractivity contribution in [1.82, 2.24) is 4.90 Å². The maximum absolute atomic E-state index is 10.9. The molecule has 4 unspecified atom stereocenters. The fourth-order valence-corrected chi connectivity index (χ4v) is 3.56. The Balaban J connectivity index is 1.68. The second kappa shape index (κ2) is 5.96. The van der Waals surface area contributed by atoms with Crippen LogP contribution in [0.4, 0.5) is 0 Å². The highest BCUT2D eigenvalue weighted by molar-refractivity contribution is 5.59. The Hall–Kier alpha value is -1.35. The van der Waals surface area contributed by atoms with E-state index in [0.29, 0.717) is 5.92 Å². The molecule has 0 spiro atoms. The van der Waals surface area contributed by atoms with E-state index in [-0.39, 0.29) is 12.1 Å². The Morgan fingerprint density at radius 2 is 2.15 bits per heavy atom. The Morgan fingerprint density at radius 1 is 1.30 bits per heavy atom. The van der Waals surface area contributed by atoms with Gasteiger partial charge < -0.3 is 4.74 Å². The quantitative estimate of drug-likeness (QED) is 0.825. The summed E-state index contributed by atoms with van der Waals surface area (Å²) in [7, 11) is 0. The van der Waals surface area contributed by atoms with E-state index in [1.165, 1.54) is 5.56 Å². The molecule has 1 radical (unpaired) electrons. The lowest BCUT2D eigenvalue weighted by Gasteiger charge is -2.31. The lowest BCUT2D eigenvalue weighted by Crippen LogP contribution is -2.42. The minimum atomic E-state index is -0.000476. The first-order valence-electron chi connectivity index (χ1n) is 7.66. The molecule has 2 aliphatic rings. The predicted octanol–water partition coefficient (Wildman–Crippen LogP) is 2.59. The van der Waals surface area contributed by atoms with E-state index in [4.69, 9.17) is 4.74 Å². The van der Waals surface area contributed by atoms with Crippen LogP contribution in [0.5, 0.6) is 5.75 Å². The van der Waals surface area contributed by atoms with Gasteiger partial charge in [-0.15, -0.1) is 0 Å². The average molecular weight is 272 g/mol. The number of para-hydroxylation sites is 1. The molecule has 3 heteroatoms. The molecule has 0 aliphatic carbocycles. The molecule has 2 heterocycles. The summed E-state index contributed by atoms with van der Waals surface area (Å²) in [6.45, 7) is 4.08. The summed E-state index contributed by atoms with van der Waals surface area (Å²) in [6, 6.07) is 8.33. The van der Waals surface area contributed by atoms with E-state index in [1.807, 2.05) is 6.07 Å². The largest absolute Gasteiger partial charge is 0.489 e. The lowest BCUT2D eigenvalue weighted by molar-refractivity contribution is 0.0917. The topological polar surface area (TPSA) is 29.5 Å². The van der Waals surface area contributed by atoms with E-state index in [2.05, 4.69) is 36.3 Å². The minimum absolute atomic E-state index is 0.000476. The molecular formula is C17H22NO2. The first kappa shape index (κ1) is 13.6. The number of fused-ring (bicyclic) bond motifs is 2. The third kappa shape index (κ3) is 2.73. The summed E-state index contributed by atoms with van der Waals surface area (Å²) >= 11 is 0. The molecule has 0 saturated carbocycles. The molecule has 3 nitrogen and oxygen atoms in total. The zero-order valence-electron chi connectivity index (χ0n) is 12.0. The van der Waals surface area contributed by atoms with Gasteiger partial charge in [0.25, 0.3) is 0 Å². The number of ether oxygens (including phenoxy) is 1. The molecule has 3 rings (SSSR count). The summed E-state index contributed by atoms with van der Waals surface area (Å²) in [5.41, 5.74) is 1.29. The molecule has 1 aromatic rings. The Kier molecular flexibility index (Phi) is 4.06. The van der Waals surface area contributed by atoms with Crippen molar-refractivity contribution in [3.05, 3.63) is 29.8 Å². The van der Waals surface area contributed by atoms with Crippen LogP contribution in [0.15, 0.2) is 24.3 Å². The fourth-order valence-electron chi connectivity index (χ4n) is 3.56. The molecular weight excluding hydrogens is 250 g/mol. The molecule has 1 aromatic carbocycles. The number of hydrogen-bond acceptors (Lipinski definition) is 3. The molecule has 0 aromatic heterocycles. The molecule has 2 bridgehead atoms. The molecule has 107 valence electrons. The van der Waals surface area contributed by atoms with Crippen LogP contribution in [-0.4, -0.2) is 36.4 Å². The van der Waals surface area contributed by atoms with Crippen LogP contribution >= 0.6 is 0 Å². The summed E-state index contributed by atoms with van der Waals surface area (Å²) in [4.78, 5) is 13.2. The van der Waals surface area contributed by atoms with E-state index in [9.17, 15) is 4.79 Å². The van der Waals surface area contributed by atoms with E-state index >= 15 is 0 Å². The van der Waals surface area contributed by atoms with Crippen LogP contribution in [0.25, 0.3) is 0 Å². The number of hydrogen-bond donors (Lipinski definition) is 0. The highest BCUT2D eigenvalue weighted by Crippen LogP contribution is 2.33. The van der Waals surface area contributed by atoms with E-state index < -0.39 is 0 Å². The minimum Gasteiger partial charge on any atom is -0.489 e. The first-order valence-corrected chi connectivity index (χ1v) is 7.66. The number of carbonyl (C=O) groups excluding carboxylic acids is 1. The van der Waals surface area contributed by atoms with Gasteiger partial charge in [-0.25, -0.2) is 0 Å². The zero-order chi connectivity index (χ0) is 13.9. The highest BCUT2D eigenvalue weighted by atomic mass is 16.5. The van der Waals surface area contributed by atoms with Gasteiger partial charge in [0.1, 0.15) is 11.9 Å². The predicted molar refractivity (Wildman–Crippen MR) is 78.6 cm³/mol. The van der Waals surface area contributed by atoms with Gasteiger partial charge in [0, 0.05) is 13.1 Å². The molecule has 4 atom stereocenters. The van der Waals surface area contributed by atoms with Gasteiger partial charge in [-0.1, -0.05) is 31.5 Å². The normalized spacial score (nSPS) is 32.0. The smallest absolute Gasteiger partial charge is 0.217 e. The summed E-state index contributed by atoms with van der Waals surface area (Å²) in [6.07, 6.45) is 6.59. The van der Waals surface area contributed by atoms with Crippen LogP contribution in [-0.2, 0) is 11.2 Å². The van der Waals surface area contributed by atoms with E-state index in [0.717, 1.165) is 44.5 Å². The molecule has 20 heavy (non-hydrogen) atoms. The second-order valence-electron chi connectivity index (χ2n) is 6.02. The molecule has 0 amide bonds. The van der Waals surface area contributed by atoms with E-state index in [1.54, 1.807) is 0 Å². The van der Waals surface area contributed by atoms with Gasteiger partial charge in [0.05, 0.1) is 6.04 Å². The number of benzene rings is 1. The van der Waals surface area contributed by atoms with Crippen molar-refractivity contribution in [2.75, 3.05) is 13.1 Å². The number of aryl methyl sites for hydroxylation is 1. The van der Waals surface area contributed by atoms with Crippen molar-refractivity contribution in [3.8, 4) is 5.75 Å². The third-order valence-electron chi connectivity index (χ3n) is 4.45. The molecule has 2 saturated heterocycles. The van der Waals surface area contributed by atoms with Gasteiger partial charge in [0.15, 0.2) is 0 Å². The third-order valence-corrected chi connectivity index (χ3v) is 4.45. The summed E-state index contributed by atoms with van der Waals surface area (Å²) in [5.74, 6) is 1.62. The van der Waals surface area contributed by atoms with Crippen LogP contribution in [0.2, 0.25) is 0 Å². The average Bonchev–Trinajstić information content (AvgIpc) is 2.75. The molecule has 2 aliphatic heterocycles. The van der Waals surface area contributed by atoms with Crippen molar-refractivity contribution in [3.63, 3.8) is 0 Å². The van der Waals surface area contributed by atoms with Crippen molar-refractivity contribution < 1.29 is 9.53 Å². The highest BCUT2D eigenvalue weighted by Gasteiger charge is 2.40. The summed E-state index contributed by atoms with van der Waals surface area (Å²) in [5, 5.41) is 0. The maximum Gasteiger partial charge on any atom is 0.217 e. The molecule has 2 fully saturated rings. The number of piperidine rings is 1. The van der Waals surface area contributed by atoms with Crippen LogP contribution < -0.4 is 4.74 Å². The Morgan fingerprint density at radius 3 is 2.95 bits per heavy atom. The molecule has 0 N–H and O–H groups in total. The monoisotopic (exact) mass is 272 g/mol. The van der Waals surface area contributed by atoms with Gasteiger partial charge in [0.2, 0.25) is 6.29 Å². The van der Waals surface area contributed by atoms with Crippen LogP contribution in [0.3, 0.4) is 0 Å². The SMILES string of the molecule is CCCc1ccccc1OC1CC2CC([C]=O)N(C2)C1. The Labute approximate surface area is 120 Å². The number of rotatable bonds is 5. The zero-order valence-corrected chi connectivity index (χ0v) is 12.0. The van der Waals surface area contributed by atoms with Gasteiger partial charge in [-0.3, -0.25) is 9.69 Å². The number of nitrogens with zero attached hydrogens (tertiary/aromatic N) is 1. The van der Waals surface area contributed by atoms with Gasteiger partial charge in [-0.2, -0.15) is 0 Å². The maximum atomic E-state index is 10.9. The van der Waals surface area contributed by atoms with Gasteiger partial charge >= 0.3 is 0 Å². The van der Waals surface area contributed by atoms with Crippen molar-refractivity contribution >= 4 is 6.29 Å². The first-order chi connectivity index (χ1) is 9.80. The standard InChI is InChI=1S/C17H22NO2/c1-2-5-14-6-3-4-7-17(14)20-16-9-13-8-15(12-19)18(10-13)11-16/h3-4,6-7,13,15-16H,2,5,8-11H2,1H3. The summed E-state index contributed by atoms with van der Waals surface area (Å²) < 4.78 is 6.24. The fraction of sp³-hybridized carbons (Fsp3) is 0.588. The Bertz CT molecular complexity index is 474. The van der Waals surface area contributed by atoms with Crippen molar-refractivity contribution in [2.45, 2.75) is 44.8 Å². The van der Waals surface area contributed by atoms with Crippen LogP contribution in [0, 0.1) is 5.92 Å². The van der Waals surface area contributed by atoms with Crippen LogP contribution in [0.1, 0.15) is 31.7 Å². The lowest BCUT2D eigenvalue weighted by atomic mass is 9.97. The van der Waals surface area contributed by atoms with Crippen molar-refractivity contribution in [1.29, 1.82) is 0 Å². The van der Waals surface area contributed by atoms with Gasteiger partial charge in [-0.05, 0) is 36.8 Å².